The summed E-state index contributed by atoms with van der Waals surface area (Å²) in [6.07, 6.45) is 0.965. The molecular weight excluding hydrogens is 519 g/mol. The normalized spacial score (nSPS) is 12.0. The van der Waals surface area contributed by atoms with Crippen molar-refractivity contribution in [2.45, 2.75) is 26.0 Å². The topological polar surface area (TPSA) is 96.5 Å². The number of rotatable bonds is 10. The van der Waals surface area contributed by atoms with Crippen LogP contribution in [0.15, 0.2) is 59.6 Å². The molecule has 1 unspecified atom stereocenters. The molecule has 0 fully saturated rings. The van der Waals surface area contributed by atoms with Crippen molar-refractivity contribution in [3.05, 3.63) is 66.0 Å². The first-order valence-electron chi connectivity index (χ1n) is 10.4. The van der Waals surface area contributed by atoms with E-state index in [1.54, 1.807) is 14.2 Å². The zero-order chi connectivity index (χ0) is 21.9. The molecule has 0 aliphatic rings. The van der Waals surface area contributed by atoms with Crippen LogP contribution in [0.25, 0.3) is 11.4 Å². The van der Waals surface area contributed by atoms with E-state index in [9.17, 15) is 0 Å². The number of halogens is 1. The average molecular weight is 550 g/mol. The van der Waals surface area contributed by atoms with Crippen LogP contribution in [0.1, 0.15) is 30.8 Å². The average Bonchev–Trinajstić information content (AvgIpc) is 3.30. The highest BCUT2D eigenvalue weighted by Crippen LogP contribution is 2.19. The van der Waals surface area contributed by atoms with Crippen molar-refractivity contribution >= 4 is 29.9 Å². The summed E-state index contributed by atoms with van der Waals surface area (Å²) in [6, 6.07) is 17.9. The number of nitrogens with one attached hydrogen (secondary N) is 3. The van der Waals surface area contributed by atoms with Crippen LogP contribution in [0.5, 0.6) is 5.75 Å². The third-order valence-corrected chi connectivity index (χ3v) is 4.78. The summed E-state index contributed by atoms with van der Waals surface area (Å²) in [5, 5.41) is 13.8. The molecule has 0 bridgehead atoms. The van der Waals surface area contributed by atoms with Gasteiger partial charge in [0.15, 0.2) is 11.8 Å². The zero-order valence-electron chi connectivity index (χ0n) is 18.7. The van der Waals surface area contributed by atoms with Gasteiger partial charge in [-0.05, 0) is 43.2 Å². The third-order valence-electron chi connectivity index (χ3n) is 4.78. The molecule has 1 heterocycles. The SMILES string of the molecule is CN=C(NCCCOC(C)c1ccccc1)NCc1nc(-c2ccc(OC)cc2)n[nH]1.I. The fraction of sp³-hybridized carbons (Fsp3) is 0.348. The van der Waals surface area contributed by atoms with Gasteiger partial charge in [-0.15, -0.1) is 24.0 Å². The van der Waals surface area contributed by atoms with Crippen LogP contribution in [0.4, 0.5) is 0 Å². The van der Waals surface area contributed by atoms with Crippen LogP contribution in [0.2, 0.25) is 0 Å². The van der Waals surface area contributed by atoms with Gasteiger partial charge in [-0.2, -0.15) is 5.10 Å². The molecular formula is C23H31IN6O2. The summed E-state index contributed by atoms with van der Waals surface area (Å²) in [5.41, 5.74) is 2.12. The number of benzene rings is 2. The lowest BCUT2D eigenvalue weighted by molar-refractivity contribution is 0.0646. The molecule has 0 spiro atoms. The minimum atomic E-state index is 0. The molecule has 172 valence electrons. The summed E-state index contributed by atoms with van der Waals surface area (Å²) < 4.78 is 11.1. The Morgan fingerprint density at radius 2 is 1.84 bits per heavy atom. The van der Waals surface area contributed by atoms with Gasteiger partial charge in [0.2, 0.25) is 0 Å². The molecule has 0 aliphatic carbocycles. The predicted molar refractivity (Wildman–Crippen MR) is 137 cm³/mol. The van der Waals surface area contributed by atoms with Crippen molar-refractivity contribution in [1.29, 1.82) is 0 Å². The first-order valence-corrected chi connectivity index (χ1v) is 10.4. The Morgan fingerprint density at radius 1 is 1.09 bits per heavy atom. The zero-order valence-corrected chi connectivity index (χ0v) is 21.0. The van der Waals surface area contributed by atoms with Gasteiger partial charge in [-0.3, -0.25) is 10.1 Å². The summed E-state index contributed by atoms with van der Waals surface area (Å²) in [6.45, 7) is 3.99. The monoisotopic (exact) mass is 550 g/mol. The number of hydrogen-bond acceptors (Lipinski definition) is 5. The second-order valence-electron chi connectivity index (χ2n) is 6.96. The first-order chi connectivity index (χ1) is 15.2. The van der Waals surface area contributed by atoms with Crippen LogP contribution in [-0.4, -0.2) is 48.5 Å². The number of aliphatic imine (C=N–C) groups is 1. The fourth-order valence-corrected chi connectivity index (χ4v) is 2.99. The predicted octanol–water partition coefficient (Wildman–Crippen LogP) is 3.93. The van der Waals surface area contributed by atoms with Crippen molar-refractivity contribution < 1.29 is 9.47 Å². The molecule has 3 aromatic rings. The molecule has 1 atom stereocenters. The number of aromatic amines is 1. The lowest BCUT2D eigenvalue weighted by atomic mass is 10.1. The van der Waals surface area contributed by atoms with Crippen molar-refractivity contribution in [3.63, 3.8) is 0 Å². The number of methoxy groups -OCH3 is 1. The Morgan fingerprint density at radius 3 is 2.53 bits per heavy atom. The fourth-order valence-electron chi connectivity index (χ4n) is 2.99. The van der Waals surface area contributed by atoms with Gasteiger partial charge < -0.3 is 20.1 Å². The maximum atomic E-state index is 5.90. The summed E-state index contributed by atoms with van der Waals surface area (Å²) in [4.78, 5) is 8.77. The van der Waals surface area contributed by atoms with Crippen LogP contribution in [0.3, 0.4) is 0 Å². The molecule has 0 amide bonds. The molecule has 3 rings (SSSR count). The van der Waals surface area contributed by atoms with E-state index in [0.717, 1.165) is 30.1 Å². The van der Waals surface area contributed by atoms with Gasteiger partial charge in [0.25, 0.3) is 0 Å². The van der Waals surface area contributed by atoms with E-state index in [1.807, 2.05) is 42.5 Å². The molecule has 0 saturated carbocycles. The Labute approximate surface area is 206 Å². The van der Waals surface area contributed by atoms with E-state index in [2.05, 4.69) is 49.9 Å². The summed E-state index contributed by atoms with van der Waals surface area (Å²) in [7, 11) is 3.39. The summed E-state index contributed by atoms with van der Waals surface area (Å²) >= 11 is 0. The number of ether oxygens (including phenoxy) is 2. The van der Waals surface area contributed by atoms with E-state index in [1.165, 1.54) is 5.56 Å². The molecule has 0 aliphatic heterocycles. The van der Waals surface area contributed by atoms with E-state index < -0.39 is 0 Å². The van der Waals surface area contributed by atoms with Crippen LogP contribution < -0.4 is 15.4 Å². The minimum Gasteiger partial charge on any atom is -0.497 e. The number of aromatic nitrogens is 3. The highest BCUT2D eigenvalue weighted by Gasteiger charge is 2.08. The van der Waals surface area contributed by atoms with Crippen molar-refractivity contribution in [1.82, 2.24) is 25.8 Å². The first kappa shape index (κ1) is 25.6. The lowest BCUT2D eigenvalue weighted by Crippen LogP contribution is -2.37. The van der Waals surface area contributed by atoms with Gasteiger partial charge in [0, 0.05) is 25.8 Å². The molecule has 8 nitrogen and oxygen atoms in total. The van der Waals surface area contributed by atoms with E-state index >= 15 is 0 Å². The number of H-pyrrole nitrogens is 1. The van der Waals surface area contributed by atoms with Gasteiger partial charge in [0.05, 0.1) is 19.8 Å². The van der Waals surface area contributed by atoms with Gasteiger partial charge in [-0.25, -0.2) is 4.98 Å². The van der Waals surface area contributed by atoms with Gasteiger partial charge in [-0.1, -0.05) is 30.3 Å². The quantitative estimate of drug-likeness (QED) is 0.153. The third kappa shape index (κ3) is 7.79. The van der Waals surface area contributed by atoms with Crippen LogP contribution >= 0.6 is 24.0 Å². The Balaban J connectivity index is 0.00000363. The van der Waals surface area contributed by atoms with Crippen LogP contribution in [0, 0.1) is 0 Å². The largest absolute Gasteiger partial charge is 0.497 e. The number of hydrogen-bond donors (Lipinski definition) is 3. The van der Waals surface area contributed by atoms with Crippen LogP contribution in [-0.2, 0) is 11.3 Å². The molecule has 32 heavy (non-hydrogen) atoms. The Kier molecular flexibility index (Phi) is 10.9. The summed E-state index contributed by atoms with van der Waals surface area (Å²) in [5.74, 6) is 2.88. The molecule has 1 aromatic heterocycles. The highest BCUT2D eigenvalue weighted by molar-refractivity contribution is 14.0. The second-order valence-corrected chi connectivity index (χ2v) is 6.96. The molecule has 0 radical (unpaired) electrons. The van der Waals surface area contributed by atoms with Crippen molar-refractivity contribution in [2.24, 2.45) is 4.99 Å². The van der Waals surface area contributed by atoms with Gasteiger partial charge >= 0.3 is 0 Å². The van der Waals surface area contributed by atoms with E-state index in [4.69, 9.17) is 9.47 Å². The van der Waals surface area contributed by atoms with E-state index in [-0.39, 0.29) is 30.1 Å². The molecule has 2 aromatic carbocycles. The number of nitrogens with zero attached hydrogens (tertiary/aromatic N) is 3. The highest BCUT2D eigenvalue weighted by atomic mass is 127. The van der Waals surface area contributed by atoms with Gasteiger partial charge in [0.1, 0.15) is 11.6 Å². The lowest BCUT2D eigenvalue weighted by Gasteiger charge is -2.14. The molecule has 3 N–H and O–H groups in total. The standard InChI is InChI=1S/C23H30N6O2.HI/c1-17(18-8-5-4-6-9-18)31-15-7-14-25-23(24-2)26-16-21-27-22(29-28-21)19-10-12-20(30-3)13-11-19;/h4-6,8-13,17H,7,14-16H2,1-3H3,(H2,24,25,26)(H,27,28,29);1H. The minimum absolute atomic E-state index is 0. The van der Waals surface area contributed by atoms with Crippen molar-refractivity contribution in [2.75, 3.05) is 27.3 Å². The Hall–Kier alpha value is -2.66. The molecule has 9 heteroatoms. The molecule has 0 saturated heterocycles. The van der Waals surface area contributed by atoms with Crippen molar-refractivity contribution in [3.8, 4) is 17.1 Å². The smallest absolute Gasteiger partial charge is 0.191 e. The second kappa shape index (κ2) is 13.7. The maximum Gasteiger partial charge on any atom is 0.191 e. The Bertz CT molecular complexity index is 947. The van der Waals surface area contributed by atoms with E-state index in [0.29, 0.717) is 24.9 Å². The maximum absolute atomic E-state index is 5.90. The number of guanidine groups is 1.